The number of ketones is 1. The number of carbonyl (C=O) groups is 1. The first kappa shape index (κ1) is 15.7. The van der Waals surface area contributed by atoms with Crippen LogP contribution in [0.4, 0.5) is 0 Å². The van der Waals surface area contributed by atoms with Crippen molar-refractivity contribution in [2.75, 3.05) is 7.11 Å². The Morgan fingerprint density at radius 3 is 2.76 bits per heavy atom. The third-order valence-electron chi connectivity index (χ3n) is 4.41. The van der Waals surface area contributed by atoms with E-state index in [1.165, 1.54) is 0 Å². The number of nitrogens with one attached hydrogen (secondary N) is 1. The molecule has 1 heterocycles. The van der Waals surface area contributed by atoms with Crippen molar-refractivity contribution in [2.24, 2.45) is 0 Å². The Balaban J connectivity index is 1.73. The van der Waals surface area contributed by atoms with E-state index in [1.54, 1.807) is 25.4 Å². The number of ether oxygens (including phenoxy) is 1. The fourth-order valence-electron chi connectivity index (χ4n) is 3.23. The van der Waals surface area contributed by atoms with Gasteiger partial charge in [-0.15, -0.1) is 0 Å². The van der Waals surface area contributed by atoms with E-state index < -0.39 is 0 Å². The minimum absolute atomic E-state index is 0.0471. The number of fused-ring (bicyclic) bond motifs is 3. The van der Waals surface area contributed by atoms with E-state index in [9.17, 15) is 4.79 Å². The molecular formula is C21H16ClNO2. The van der Waals surface area contributed by atoms with Gasteiger partial charge in [0.25, 0.3) is 0 Å². The lowest BCUT2D eigenvalue weighted by Gasteiger charge is -2.06. The van der Waals surface area contributed by atoms with Crippen LogP contribution in [-0.4, -0.2) is 17.9 Å². The van der Waals surface area contributed by atoms with Gasteiger partial charge in [0.1, 0.15) is 5.75 Å². The fraction of sp³-hybridized carbons (Fsp3) is 0.0952. The van der Waals surface area contributed by atoms with Crippen molar-refractivity contribution >= 4 is 39.1 Å². The lowest BCUT2D eigenvalue weighted by Crippen LogP contribution is -2.03. The van der Waals surface area contributed by atoms with Crippen LogP contribution >= 0.6 is 11.6 Å². The molecule has 0 spiro atoms. The van der Waals surface area contributed by atoms with Crippen LogP contribution in [-0.2, 0) is 6.42 Å². The van der Waals surface area contributed by atoms with Crippen LogP contribution in [0.3, 0.4) is 0 Å². The number of hydrogen-bond acceptors (Lipinski definition) is 2. The molecule has 1 aromatic heterocycles. The smallest absolute Gasteiger partial charge is 0.169 e. The third-order valence-corrected chi connectivity index (χ3v) is 4.63. The maximum absolute atomic E-state index is 12.8. The zero-order valence-electron chi connectivity index (χ0n) is 13.7. The summed E-state index contributed by atoms with van der Waals surface area (Å²) in [5.41, 5.74) is 2.52. The molecule has 4 aromatic rings. The van der Waals surface area contributed by atoms with E-state index in [1.807, 2.05) is 30.3 Å². The molecular weight excluding hydrogens is 334 g/mol. The molecule has 124 valence electrons. The number of H-pyrrole nitrogens is 1. The van der Waals surface area contributed by atoms with Crippen LogP contribution in [0.25, 0.3) is 21.7 Å². The van der Waals surface area contributed by atoms with Crippen molar-refractivity contribution < 1.29 is 9.53 Å². The molecule has 4 rings (SSSR count). The largest absolute Gasteiger partial charge is 0.497 e. The average Bonchev–Trinajstić information content (AvgIpc) is 3.05. The zero-order valence-corrected chi connectivity index (χ0v) is 14.4. The van der Waals surface area contributed by atoms with Gasteiger partial charge in [0.2, 0.25) is 0 Å². The molecule has 0 aliphatic carbocycles. The minimum Gasteiger partial charge on any atom is -0.497 e. The van der Waals surface area contributed by atoms with Gasteiger partial charge in [-0.2, -0.15) is 0 Å². The van der Waals surface area contributed by atoms with Gasteiger partial charge >= 0.3 is 0 Å². The van der Waals surface area contributed by atoms with Crippen LogP contribution in [0.5, 0.6) is 5.75 Å². The lowest BCUT2D eigenvalue weighted by atomic mass is 10.0. The molecule has 0 unspecified atom stereocenters. The highest BCUT2D eigenvalue weighted by molar-refractivity contribution is 6.30. The second-order valence-corrected chi connectivity index (χ2v) is 6.45. The molecule has 25 heavy (non-hydrogen) atoms. The monoisotopic (exact) mass is 349 g/mol. The molecule has 4 heteroatoms. The quantitative estimate of drug-likeness (QED) is 0.500. The number of carbonyl (C=O) groups excluding carboxylic acids is 1. The first-order valence-corrected chi connectivity index (χ1v) is 8.39. The molecule has 3 nitrogen and oxygen atoms in total. The predicted molar refractivity (Wildman–Crippen MR) is 102 cm³/mol. The molecule has 0 bridgehead atoms. The van der Waals surface area contributed by atoms with Gasteiger partial charge in [-0.25, -0.2) is 0 Å². The van der Waals surface area contributed by atoms with E-state index in [4.69, 9.17) is 16.3 Å². The van der Waals surface area contributed by atoms with Gasteiger partial charge in [0.15, 0.2) is 5.78 Å². The van der Waals surface area contributed by atoms with Crippen molar-refractivity contribution in [1.82, 2.24) is 4.98 Å². The molecule has 0 fully saturated rings. The summed E-state index contributed by atoms with van der Waals surface area (Å²) in [7, 11) is 1.59. The van der Waals surface area contributed by atoms with Crippen molar-refractivity contribution in [2.45, 2.75) is 6.42 Å². The van der Waals surface area contributed by atoms with Crippen LogP contribution in [0.15, 0.2) is 60.8 Å². The molecule has 0 saturated heterocycles. The fourth-order valence-corrected chi connectivity index (χ4v) is 3.47. The highest BCUT2D eigenvalue weighted by Crippen LogP contribution is 2.28. The highest BCUT2D eigenvalue weighted by atomic mass is 35.5. The molecule has 0 aliphatic rings. The van der Waals surface area contributed by atoms with E-state index >= 15 is 0 Å². The van der Waals surface area contributed by atoms with E-state index in [-0.39, 0.29) is 12.2 Å². The topological polar surface area (TPSA) is 42.1 Å². The summed E-state index contributed by atoms with van der Waals surface area (Å²) in [5.74, 6) is 0.700. The Labute approximate surface area is 150 Å². The number of hydrogen-bond donors (Lipinski definition) is 1. The third kappa shape index (κ3) is 2.87. The molecule has 0 saturated carbocycles. The first-order valence-electron chi connectivity index (χ1n) is 8.01. The number of Topliss-reactive ketones (excluding diaryl/α,β-unsaturated/α-hetero) is 1. The maximum Gasteiger partial charge on any atom is 0.169 e. The minimum atomic E-state index is 0.0471. The summed E-state index contributed by atoms with van der Waals surface area (Å²) in [5, 5.41) is 3.77. The van der Waals surface area contributed by atoms with Gasteiger partial charge in [0.05, 0.1) is 12.6 Å². The molecule has 0 aliphatic heterocycles. The van der Waals surface area contributed by atoms with Gasteiger partial charge in [-0.05, 0) is 29.1 Å². The summed E-state index contributed by atoms with van der Waals surface area (Å²) in [6.07, 6.45) is 2.07. The SMILES string of the molecule is COc1cc(Cl)cc(CC(=O)c2c[nH]c3c2ccc2ccccc23)c1. The van der Waals surface area contributed by atoms with Crippen molar-refractivity contribution in [3.63, 3.8) is 0 Å². The Hall–Kier alpha value is -2.78. The number of halogens is 1. The zero-order chi connectivity index (χ0) is 17.4. The van der Waals surface area contributed by atoms with E-state index in [2.05, 4.69) is 17.1 Å². The summed E-state index contributed by atoms with van der Waals surface area (Å²) >= 11 is 6.10. The molecule has 1 N–H and O–H groups in total. The second kappa shape index (κ2) is 6.26. The number of rotatable bonds is 4. The average molecular weight is 350 g/mol. The predicted octanol–water partition coefficient (Wildman–Crippen LogP) is 5.41. The molecule has 0 atom stereocenters. The maximum atomic E-state index is 12.8. The standard InChI is InChI=1S/C21H16ClNO2/c1-25-16-9-13(8-15(22)11-16)10-20(24)19-12-23-21-17-5-3-2-4-14(17)6-7-18(19)21/h2-9,11-12,23H,10H2,1H3. The Morgan fingerprint density at radius 1 is 1.08 bits per heavy atom. The summed E-state index contributed by atoms with van der Waals surface area (Å²) < 4.78 is 5.22. The van der Waals surface area contributed by atoms with Crippen molar-refractivity contribution in [3.05, 3.63) is 76.9 Å². The van der Waals surface area contributed by atoms with Crippen LogP contribution in [0, 0.1) is 0 Å². The number of methoxy groups -OCH3 is 1. The van der Waals surface area contributed by atoms with Gasteiger partial charge in [-0.1, -0.05) is 48.0 Å². The molecule has 3 aromatic carbocycles. The van der Waals surface area contributed by atoms with Crippen molar-refractivity contribution in [3.8, 4) is 5.75 Å². The van der Waals surface area contributed by atoms with E-state index in [0.29, 0.717) is 16.3 Å². The van der Waals surface area contributed by atoms with E-state index in [0.717, 1.165) is 27.2 Å². The van der Waals surface area contributed by atoms with Gasteiger partial charge < -0.3 is 9.72 Å². The number of aromatic nitrogens is 1. The second-order valence-electron chi connectivity index (χ2n) is 6.01. The summed E-state index contributed by atoms with van der Waals surface area (Å²) in [6, 6.07) is 17.6. The van der Waals surface area contributed by atoms with Gasteiger partial charge in [0, 0.05) is 34.0 Å². The highest BCUT2D eigenvalue weighted by Gasteiger charge is 2.15. The Kier molecular flexibility index (Phi) is 3.94. The Morgan fingerprint density at radius 2 is 1.92 bits per heavy atom. The van der Waals surface area contributed by atoms with Crippen LogP contribution in [0.2, 0.25) is 5.02 Å². The van der Waals surface area contributed by atoms with Crippen LogP contribution < -0.4 is 4.74 Å². The normalized spacial score (nSPS) is 11.1. The Bertz CT molecular complexity index is 1100. The number of benzene rings is 3. The van der Waals surface area contributed by atoms with Gasteiger partial charge in [-0.3, -0.25) is 4.79 Å². The summed E-state index contributed by atoms with van der Waals surface area (Å²) in [4.78, 5) is 16.1. The lowest BCUT2D eigenvalue weighted by molar-refractivity contribution is 0.0994. The number of aromatic amines is 1. The van der Waals surface area contributed by atoms with Crippen molar-refractivity contribution in [1.29, 1.82) is 0 Å². The molecule has 0 amide bonds. The first-order chi connectivity index (χ1) is 12.2. The molecule has 0 radical (unpaired) electrons. The summed E-state index contributed by atoms with van der Waals surface area (Å²) in [6.45, 7) is 0. The van der Waals surface area contributed by atoms with Crippen LogP contribution in [0.1, 0.15) is 15.9 Å².